The molecule has 0 aliphatic carbocycles. The van der Waals surface area contributed by atoms with Crippen LogP contribution in [0.1, 0.15) is 31.2 Å². The lowest BCUT2D eigenvalue weighted by molar-refractivity contribution is -0.117. The summed E-state index contributed by atoms with van der Waals surface area (Å²) < 4.78 is 28.4. The smallest absolute Gasteiger partial charge is 0.287 e. The Kier molecular flexibility index (Phi) is 7.18. The largest absolute Gasteiger partial charge is 0.324 e. The summed E-state index contributed by atoms with van der Waals surface area (Å²) in [7, 11) is -3.65. The van der Waals surface area contributed by atoms with Gasteiger partial charge < -0.3 is 5.32 Å². The lowest BCUT2D eigenvalue weighted by Gasteiger charge is -2.20. The Morgan fingerprint density at radius 1 is 1.17 bits per heavy atom. The highest BCUT2D eigenvalue weighted by Gasteiger charge is 2.26. The number of nitrogens with zero attached hydrogens (tertiary/aromatic N) is 3. The predicted molar refractivity (Wildman–Crippen MR) is 116 cm³/mol. The Balaban J connectivity index is 1.81. The standard InChI is InChI=1S/C19H22Cl2N4O4S/c1-13-6-7-14(30(28,29)24-8-4-2-3-5-9-24)10-16(13)23-17(26)12-25-19(27)18(21)15(20)11-22-25/h6-7,10-11H,2-5,8-9,12H2,1H3,(H,23,26). The highest BCUT2D eigenvalue weighted by atomic mass is 35.5. The third-order valence-electron chi connectivity index (χ3n) is 4.92. The average Bonchev–Trinajstić information content (AvgIpc) is 3.00. The average molecular weight is 473 g/mol. The fraction of sp³-hybridized carbons (Fsp3) is 0.421. The maximum absolute atomic E-state index is 13.0. The number of sulfonamides is 1. The van der Waals surface area contributed by atoms with Crippen molar-refractivity contribution in [1.82, 2.24) is 14.1 Å². The maximum atomic E-state index is 13.0. The fourth-order valence-electron chi connectivity index (χ4n) is 3.21. The molecular formula is C19H22Cl2N4O4S. The molecule has 11 heteroatoms. The van der Waals surface area contributed by atoms with Crippen LogP contribution >= 0.6 is 23.2 Å². The van der Waals surface area contributed by atoms with Crippen molar-refractivity contribution in [3.63, 3.8) is 0 Å². The van der Waals surface area contributed by atoms with Crippen LogP contribution in [-0.2, 0) is 21.4 Å². The Hall–Kier alpha value is -1.94. The van der Waals surface area contributed by atoms with Gasteiger partial charge in [0, 0.05) is 18.8 Å². The van der Waals surface area contributed by atoms with E-state index in [2.05, 4.69) is 10.4 Å². The number of aryl methyl sites for hydroxylation is 1. The van der Waals surface area contributed by atoms with Gasteiger partial charge in [0.15, 0.2) is 0 Å². The van der Waals surface area contributed by atoms with E-state index >= 15 is 0 Å². The van der Waals surface area contributed by atoms with Crippen molar-refractivity contribution in [2.24, 2.45) is 0 Å². The highest BCUT2D eigenvalue weighted by Crippen LogP contribution is 2.25. The molecule has 1 aromatic heterocycles. The summed E-state index contributed by atoms with van der Waals surface area (Å²) in [5.41, 5.74) is 0.352. The van der Waals surface area contributed by atoms with Gasteiger partial charge >= 0.3 is 0 Å². The minimum absolute atomic E-state index is 0.000546. The third kappa shape index (κ3) is 5.03. The molecule has 0 unspecified atom stereocenters. The minimum atomic E-state index is -3.65. The van der Waals surface area contributed by atoms with Crippen molar-refractivity contribution in [2.45, 2.75) is 44.0 Å². The number of rotatable bonds is 5. The van der Waals surface area contributed by atoms with Gasteiger partial charge in [-0.25, -0.2) is 13.1 Å². The third-order valence-corrected chi connectivity index (χ3v) is 7.56. The predicted octanol–water partition coefficient (Wildman–Crippen LogP) is 3.06. The summed E-state index contributed by atoms with van der Waals surface area (Å²) in [6.07, 6.45) is 4.88. The summed E-state index contributed by atoms with van der Waals surface area (Å²) in [5, 5.41) is 6.22. The SMILES string of the molecule is Cc1ccc(S(=O)(=O)N2CCCCCC2)cc1NC(=O)Cn1ncc(Cl)c(Cl)c1=O. The van der Waals surface area contributed by atoms with Gasteiger partial charge in [-0.2, -0.15) is 9.40 Å². The molecule has 1 N–H and O–H groups in total. The number of carbonyl (C=O) groups excluding carboxylic acids is 1. The number of benzene rings is 1. The van der Waals surface area contributed by atoms with Gasteiger partial charge in [0.1, 0.15) is 11.6 Å². The van der Waals surface area contributed by atoms with E-state index in [0.29, 0.717) is 24.3 Å². The zero-order valence-electron chi connectivity index (χ0n) is 16.4. The maximum Gasteiger partial charge on any atom is 0.287 e. The molecule has 2 aromatic rings. The van der Waals surface area contributed by atoms with Crippen molar-refractivity contribution in [1.29, 1.82) is 0 Å². The number of carbonyl (C=O) groups is 1. The van der Waals surface area contributed by atoms with Gasteiger partial charge in [-0.3, -0.25) is 9.59 Å². The number of anilines is 1. The molecule has 8 nitrogen and oxygen atoms in total. The second kappa shape index (κ2) is 9.47. The molecule has 1 aromatic carbocycles. The number of amides is 1. The highest BCUT2D eigenvalue weighted by molar-refractivity contribution is 7.89. The normalized spacial score (nSPS) is 15.6. The molecule has 30 heavy (non-hydrogen) atoms. The first-order valence-corrected chi connectivity index (χ1v) is 11.7. The number of nitrogens with one attached hydrogen (secondary N) is 1. The van der Waals surface area contributed by atoms with Crippen LogP contribution in [0.5, 0.6) is 0 Å². The first-order chi connectivity index (χ1) is 14.2. The zero-order chi connectivity index (χ0) is 21.9. The Bertz CT molecular complexity index is 1110. The second-order valence-corrected chi connectivity index (χ2v) is 9.84. The molecule has 1 aliphatic rings. The van der Waals surface area contributed by atoms with Gasteiger partial charge in [0.05, 0.1) is 16.1 Å². The number of halogens is 2. The molecular weight excluding hydrogens is 451 g/mol. The van der Waals surface area contributed by atoms with Crippen LogP contribution < -0.4 is 10.9 Å². The Morgan fingerprint density at radius 3 is 2.50 bits per heavy atom. The lowest BCUT2D eigenvalue weighted by Crippen LogP contribution is -2.32. The fourth-order valence-corrected chi connectivity index (χ4v) is 5.03. The first kappa shape index (κ1) is 22.7. The van der Waals surface area contributed by atoms with Crippen LogP contribution in [-0.4, -0.2) is 41.5 Å². The van der Waals surface area contributed by atoms with Crippen molar-refractivity contribution in [3.8, 4) is 0 Å². The molecule has 3 rings (SSSR count). The minimum Gasteiger partial charge on any atom is -0.324 e. The van der Waals surface area contributed by atoms with Gasteiger partial charge in [0.2, 0.25) is 15.9 Å². The molecule has 1 aliphatic heterocycles. The molecule has 2 heterocycles. The monoisotopic (exact) mass is 472 g/mol. The van der Waals surface area contributed by atoms with Gasteiger partial charge in [0.25, 0.3) is 5.56 Å². The Morgan fingerprint density at radius 2 is 1.83 bits per heavy atom. The molecule has 1 fully saturated rings. The summed E-state index contributed by atoms with van der Waals surface area (Å²) in [6.45, 7) is 2.34. The molecule has 0 saturated carbocycles. The summed E-state index contributed by atoms with van der Waals surface area (Å²) in [5.74, 6) is -0.546. The lowest BCUT2D eigenvalue weighted by atomic mass is 10.2. The van der Waals surface area contributed by atoms with Crippen LogP contribution in [0.3, 0.4) is 0 Å². The van der Waals surface area contributed by atoms with E-state index in [1.807, 2.05) is 0 Å². The topological polar surface area (TPSA) is 101 Å². The number of hydrogen-bond donors (Lipinski definition) is 1. The van der Waals surface area contributed by atoms with Crippen LogP contribution in [0, 0.1) is 6.92 Å². The molecule has 0 spiro atoms. The summed E-state index contributed by atoms with van der Waals surface area (Å²) >= 11 is 11.5. The van der Waals surface area contributed by atoms with E-state index in [0.717, 1.165) is 30.4 Å². The molecule has 1 amide bonds. The number of hydrogen-bond acceptors (Lipinski definition) is 5. The van der Waals surface area contributed by atoms with Crippen LogP contribution in [0.25, 0.3) is 0 Å². The summed E-state index contributed by atoms with van der Waals surface area (Å²) in [6, 6.07) is 4.62. The quantitative estimate of drug-likeness (QED) is 0.720. The zero-order valence-corrected chi connectivity index (χ0v) is 18.7. The van der Waals surface area contributed by atoms with Crippen molar-refractivity contribution < 1.29 is 13.2 Å². The van der Waals surface area contributed by atoms with Crippen molar-refractivity contribution in [3.05, 3.63) is 50.4 Å². The summed E-state index contributed by atoms with van der Waals surface area (Å²) in [4.78, 5) is 24.6. The van der Waals surface area contributed by atoms with Crippen LogP contribution in [0.4, 0.5) is 5.69 Å². The van der Waals surface area contributed by atoms with Crippen molar-refractivity contribution in [2.75, 3.05) is 18.4 Å². The van der Waals surface area contributed by atoms with Crippen LogP contribution in [0.15, 0.2) is 34.1 Å². The van der Waals surface area contributed by atoms with E-state index in [-0.39, 0.29) is 14.9 Å². The van der Waals surface area contributed by atoms with Crippen molar-refractivity contribution >= 4 is 44.8 Å². The van der Waals surface area contributed by atoms with Gasteiger partial charge in [-0.05, 0) is 37.5 Å². The molecule has 0 bridgehead atoms. The van der Waals surface area contributed by atoms with Crippen LogP contribution in [0.2, 0.25) is 10.0 Å². The molecule has 0 radical (unpaired) electrons. The number of aromatic nitrogens is 2. The first-order valence-electron chi connectivity index (χ1n) is 9.52. The molecule has 162 valence electrons. The van der Waals surface area contributed by atoms with E-state index in [1.165, 1.54) is 22.6 Å². The molecule has 0 atom stereocenters. The Labute approximate surface area is 184 Å². The van der Waals surface area contributed by atoms with E-state index < -0.39 is 28.0 Å². The van der Waals surface area contributed by atoms with E-state index in [9.17, 15) is 18.0 Å². The van der Waals surface area contributed by atoms with Gasteiger partial charge in [-0.1, -0.05) is 42.1 Å². The van der Waals surface area contributed by atoms with E-state index in [1.54, 1.807) is 13.0 Å². The van der Waals surface area contributed by atoms with E-state index in [4.69, 9.17) is 23.2 Å². The molecule has 1 saturated heterocycles. The van der Waals surface area contributed by atoms with Gasteiger partial charge in [-0.15, -0.1) is 0 Å². The second-order valence-electron chi connectivity index (χ2n) is 7.11.